The summed E-state index contributed by atoms with van der Waals surface area (Å²) in [5.41, 5.74) is -6.09. The Morgan fingerprint density at radius 1 is 0.525 bits per heavy atom. The Labute approximate surface area is 675 Å². The number of carbonyl (C=O) groups excluding carboxylic acids is 8. The van der Waals surface area contributed by atoms with Gasteiger partial charge in [-0.3, -0.25) is 57.5 Å². The van der Waals surface area contributed by atoms with E-state index in [4.69, 9.17) is 18.9 Å². The van der Waals surface area contributed by atoms with E-state index in [0.717, 1.165) is 36.4 Å². The summed E-state index contributed by atoms with van der Waals surface area (Å²) in [7, 11) is 1.43. The first-order valence-electron chi connectivity index (χ1n) is 38.2. The highest BCUT2D eigenvalue weighted by Crippen LogP contribution is 2.45. The number of nitrogens with one attached hydrogen (secondary N) is 2. The maximum absolute atomic E-state index is 13.9. The number of hydrogen-bond acceptors (Lipinski definition) is 20. The highest BCUT2D eigenvalue weighted by Gasteiger charge is 2.51. The molecule has 8 aliphatic heterocycles. The summed E-state index contributed by atoms with van der Waals surface area (Å²) >= 11 is 0. The quantitative estimate of drug-likeness (QED) is 0.0393. The van der Waals surface area contributed by atoms with Crippen molar-refractivity contribution in [3.05, 3.63) is 252 Å². The van der Waals surface area contributed by atoms with Crippen LogP contribution in [0.2, 0.25) is 0 Å². The Hall–Kier alpha value is -12.5. The maximum Gasteiger partial charge on any atom is 0.276 e. The molecule has 3 fully saturated rings. The molecule has 8 aliphatic rings. The monoisotopic (exact) mass is 1670 g/mol. The third-order valence-corrected chi connectivity index (χ3v) is 22.7. The van der Waals surface area contributed by atoms with Crippen molar-refractivity contribution in [2.45, 2.75) is 155 Å². The van der Waals surface area contributed by atoms with E-state index in [1.807, 2.05) is 6.92 Å². The third kappa shape index (κ3) is 16.2. The fourth-order valence-electron chi connectivity index (χ4n) is 16.2. The topological polar surface area (TPSA) is 376 Å². The number of aryl methyl sites for hydroxylation is 2. The van der Waals surface area contributed by atoms with Crippen molar-refractivity contribution in [3.63, 3.8) is 0 Å². The molecule has 0 unspecified atom stereocenters. The standard InChI is InChI=1S/C21H21F2N3O5.2C21H20F2N2O5.C20H18F2N2O5/c1-3-25-9-12-7-14(31-2)16-15(18(27)19(28)17(21(25)30)26(12)16)20(29)24-8-10-4-5-11(22)6-13(10)23;1-21-5-2-6-30-15(21)10-25-9-13(17(26)18(27)16(25)19(21)28)20(29)24-8-11-3-4-12(22)7-14(11)23;1-11-6-7-30-17-10-24-9-14(19(27)20(28)18(24)21(29)25(11)17)16(26)5-3-12-2-4-13(22)8-15(12)23;1-10-9-29-16-8-23-7-13(18(26)19(27)17(23)20(28)24(10)16)15(25)5-3-11-2-4-12(21)6-14(11)22/h4-6,12,14,28H,3,7-9H2,1-2H3,(H,24,29);3-4,7,9,15,27H,2,5-6,8,10H2,1H3,(H,24,29);2,4,8-9,11,17,28H,3,5-7,10H2,1H3;2,4,6-7,10,16,27H,3,5,8-9H2,1H3/t12-,14+;15-,21-;11-,17+;10-,16+/m0010/s1. The number of benzene rings is 4. The lowest BCUT2D eigenvalue weighted by atomic mass is 9.71. The predicted octanol–water partition coefficient (Wildman–Crippen LogP) is 8.10. The molecule has 4 aromatic heterocycles. The summed E-state index contributed by atoms with van der Waals surface area (Å²) in [5, 5.41) is 46.5. The molecule has 6 N–H and O–H groups in total. The van der Waals surface area contributed by atoms with Gasteiger partial charge in [0.05, 0.1) is 73.3 Å². The van der Waals surface area contributed by atoms with E-state index in [2.05, 4.69) is 10.6 Å². The molecule has 120 heavy (non-hydrogen) atoms. The Balaban J connectivity index is 0.000000138. The van der Waals surface area contributed by atoms with Gasteiger partial charge < -0.3 is 83.0 Å². The van der Waals surface area contributed by atoms with Gasteiger partial charge in [-0.15, -0.1) is 0 Å². The maximum atomic E-state index is 13.9. The minimum absolute atomic E-state index is 0.0309. The zero-order valence-electron chi connectivity index (χ0n) is 64.9. The van der Waals surface area contributed by atoms with Gasteiger partial charge in [0.2, 0.25) is 21.7 Å². The van der Waals surface area contributed by atoms with Crippen LogP contribution in [0, 0.1) is 52.0 Å². The molecular weight excluding hydrogens is 1590 g/mol. The first kappa shape index (κ1) is 85.4. The van der Waals surface area contributed by atoms with Crippen LogP contribution in [0.5, 0.6) is 23.0 Å². The van der Waals surface area contributed by atoms with E-state index in [-0.39, 0.29) is 150 Å². The van der Waals surface area contributed by atoms with Gasteiger partial charge in [0, 0.05) is 119 Å². The van der Waals surface area contributed by atoms with Crippen molar-refractivity contribution in [2.24, 2.45) is 5.41 Å². The second-order valence-corrected chi connectivity index (χ2v) is 30.2. The summed E-state index contributed by atoms with van der Waals surface area (Å²) in [5.74, 6) is -14.2. The zero-order chi connectivity index (χ0) is 86.5. The van der Waals surface area contributed by atoms with Crippen LogP contribution >= 0.6 is 0 Å². The normalized spacial score (nSPS) is 20.9. The minimum Gasteiger partial charge on any atom is -0.503 e. The molecule has 0 bridgehead atoms. The summed E-state index contributed by atoms with van der Waals surface area (Å²) in [6, 6.07) is 11.4. The predicted molar refractivity (Wildman–Crippen MR) is 404 cm³/mol. The average molecular weight is 1670 g/mol. The van der Waals surface area contributed by atoms with Crippen LogP contribution in [0.1, 0.15) is 190 Å². The zero-order valence-corrected chi connectivity index (χ0v) is 64.9. The van der Waals surface area contributed by atoms with Gasteiger partial charge in [0.25, 0.3) is 29.5 Å². The molecule has 0 spiro atoms. The number of aromatic hydroxyl groups is 4. The highest BCUT2D eigenvalue weighted by atomic mass is 19.2. The van der Waals surface area contributed by atoms with Crippen molar-refractivity contribution in [3.8, 4) is 23.0 Å². The van der Waals surface area contributed by atoms with Crippen LogP contribution < -0.4 is 32.3 Å². The number of methoxy groups -OCH3 is 1. The van der Waals surface area contributed by atoms with Crippen molar-refractivity contribution in [1.82, 2.24) is 43.6 Å². The first-order chi connectivity index (χ1) is 57.0. The first-order valence-corrected chi connectivity index (χ1v) is 38.2. The molecule has 8 aromatic rings. The van der Waals surface area contributed by atoms with Gasteiger partial charge in [0.1, 0.15) is 69.5 Å². The largest absolute Gasteiger partial charge is 0.503 e. The SMILES string of the molecule is CCN1C[C@@H]2C[C@@H](OC)c3c(C(=O)NCc4ccc(F)cc4F)c(=O)c(O)c(n32)C1=O.C[C@@H]1CCO[C@H]2Cn3cc(C(=O)CCc4ccc(F)cc4F)c(=O)c(O)c3C(=O)N12.C[C@H]1CO[C@@H]2Cn3cc(C(=O)CCc4ccc(F)cc4F)c(=O)c(O)c3C(=O)N12.C[C@]12CCCO[C@H]1Cn1cc(C(=O)NCc3ccc(F)cc3F)c(=O)c(O)c1C2=O. The van der Waals surface area contributed by atoms with E-state index < -0.39 is 168 Å². The van der Waals surface area contributed by atoms with Crippen LogP contribution in [0.4, 0.5) is 35.1 Å². The van der Waals surface area contributed by atoms with E-state index in [1.165, 1.54) is 82.9 Å². The number of nitrogens with zero attached hydrogens (tertiary/aromatic N) is 7. The van der Waals surface area contributed by atoms with Crippen LogP contribution in [0.3, 0.4) is 0 Å². The number of amides is 5. The van der Waals surface area contributed by atoms with E-state index in [0.29, 0.717) is 70.7 Å². The van der Waals surface area contributed by atoms with Crippen molar-refractivity contribution >= 4 is 46.9 Å². The van der Waals surface area contributed by atoms with Gasteiger partial charge in [-0.1, -0.05) is 24.3 Å². The highest BCUT2D eigenvalue weighted by molar-refractivity contribution is 6.05. The Bertz CT molecular complexity index is 5830. The number of hydrogen-bond donors (Lipinski definition) is 6. The molecule has 632 valence electrons. The van der Waals surface area contributed by atoms with Crippen molar-refractivity contribution < 1.29 is 113 Å². The van der Waals surface area contributed by atoms with Gasteiger partial charge in [-0.2, -0.15) is 0 Å². The lowest BCUT2D eigenvalue weighted by molar-refractivity contribution is -0.112. The van der Waals surface area contributed by atoms with Crippen LogP contribution in [0.15, 0.2) is 111 Å². The molecule has 12 heterocycles. The molecule has 8 atom stereocenters. The summed E-state index contributed by atoms with van der Waals surface area (Å²) in [6.07, 6.45) is 3.38. The Morgan fingerprint density at radius 3 is 1.48 bits per heavy atom. The number of likely N-dealkylation sites (N-methyl/N-ethyl adjacent to an activating group) is 1. The second kappa shape index (κ2) is 34.5. The van der Waals surface area contributed by atoms with Crippen molar-refractivity contribution in [1.29, 1.82) is 0 Å². The summed E-state index contributed by atoms with van der Waals surface area (Å²) in [4.78, 5) is 157. The van der Waals surface area contributed by atoms with Crippen LogP contribution in [-0.4, -0.2) is 171 Å². The molecule has 0 saturated carbocycles. The number of carbonyl (C=O) groups is 8. The average Bonchev–Trinajstić information content (AvgIpc) is 1.50. The minimum atomic E-state index is -0.993. The van der Waals surface area contributed by atoms with Crippen molar-refractivity contribution in [2.75, 3.05) is 40.0 Å². The molecule has 29 nitrogen and oxygen atoms in total. The number of halogens is 8. The molecule has 5 amide bonds. The number of ether oxygens (including phenoxy) is 4. The molecule has 0 aliphatic carbocycles. The van der Waals surface area contributed by atoms with Crippen LogP contribution in [0.25, 0.3) is 0 Å². The molecule has 3 saturated heterocycles. The van der Waals surface area contributed by atoms with E-state index in [1.54, 1.807) is 20.8 Å². The Kier molecular flexibility index (Phi) is 24.5. The smallest absolute Gasteiger partial charge is 0.276 e. The fourth-order valence-corrected chi connectivity index (χ4v) is 16.2. The molecular formula is C83H79F8N9O20. The third-order valence-electron chi connectivity index (χ3n) is 22.7. The summed E-state index contributed by atoms with van der Waals surface area (Å²) in [6.45, 7) is 9.28. The van der Waals surface area contributed by atoms with Gasteiger partial charge in [0.15, 0.2) is 69.9 Å². The number of Topliss-reactive ketones (excluding diaryl/α,β-unsaturated/α-hetero) is 3. The number of ketones is 3. The number of aromatic nitrogens is 4. The number of fused-ring (bicyclic) bond motifs is 6. The second-order valence-electron chi connectivity index (χ2n) is 30.2. The van der Waals surface area contributed by atoms with E-state index in [9.17, 15) is 113 Å². The lowest BCUT2D eigenvalue weighted by Crippen LogP contribution is -2.57. The van der Waals surface area contributed by atoms with Gasteiger partial charge in [-0.05, 0) is 95.2 Å². The molecule has 0 radical (unpaired) electrons. The van der Waals surface area contributed by atoms with Crippen LogP contribution in [-0.2, 0) is 64.5 Å². The summed E-state index contributed by atoms with van der Waals surface area (Å²) < 4.78 is 135. The van der Waals surface area contributed by atoms with Gasteiger partial charge >= 0.3 is 0 Å². The fraction of sp³-hybridized carbons (Fsp3) is 0.373. The molecule has 16 rings (SSSR count). The number of rotatable bonds is 16. The number of pyridine rings is 4. The lowest BCUT2D eigenvalue weighted by Gasteiger charge is -2.44. The molecule has 4 aromatic carbocycles. The van der Waals surface area contributed by atoms with E-state index >= 15 is 0 Å². The Morgan fingerprint density at radius 2 is 0.975 bits per heavy atom. The molecule has 37 heteroatoms. The van der Waals surface area contributed by atoms with Gasteiger partial charge in [-0.25, -0.2) is 35.1 Å².